The van der Waals surface area contributed by atoms with Gasteiger partial charge in [-0.2, -0.15) is 0 Å². The minimum Gasteiger partial charge on any atom is -0.399 e. The van der Waals surface area contributed by atoms with Gasteiger partial charge in [-0.05, 0) is 37.7 Å². The topological polar surface area (TPSA) is 75.4 Å². The maximum Gasteiger partial charge on any atom is 0.216 e. The zero-order valence-corrected chi connectivity index (χ0v) is 11.3. The third kappa shape index (κ3) is 3.69. The van der Waals surface area contributed by atoms with Crippen molar-refractivity contribution < 1.29 is 8.42 Å². The van der Waals surface area contributed by atoms with Crippen molar-refractivity contribution in [1.29, 1.82) is 0 Å². The Morgan fingerprint density at radius 3 is 2.61 bits per heavy atom. The van der Waals surface area contributed by atoms with Crippen LogP contribution in [0.1, 0.15) is 12.0 Å². The van der Waals surface area contributed by atoms with Crippen LogP contribution in [0.3, 0.4) is 0 Å². The van der Waals surface area contributed by atoms with Crippen LogP contribution in [0.25, 0.3) is 0 Å². The lowest BCUT2D eigenvalue weighted by atomic mass is 10.2. The largest absolute Gasteiger partial charge is 0.399 e. The summed E-state index contributed by atoms with van der Waals surface area (Å²) >= 11 is 0. The number of nitrogens with two attached hydrogens (primary N) is 1. The van der Waals surface area contributed by atoms with Crippen molar-refractivity contribution >= 4 is 15.7 Å². The third-order valence-corrected chi connectivity index (χ3v) is 4.48. The molecule has 0 amide bonds. The zero-order valence-electron chi connectivity index (χ0n) is 10.5. The molecule has 1 aromatic carbocycles. The summed E-state index contributed by atoms with van der Waals surface area (Å²) in [5, 5.41) is 0. The number of rotatable bonds is 4. The Morgan fingerprint density at radius 2 is 2.06 bits per heavy atom. The van der Waals surface area contributed by atoms with Gasteiger partial charge in [0.1, 0.15) is 0 Å². The highest BCUT2D eigenvalue weighted by molar-refractivity contribution is 7.88. The quantitative estimate of drug-likeness (QED) is 0.776. The summed E-state index contributed by atoms with van der Waals surface area (Å²) in [4.78, 5) is 2.12. The first-order valence-corrected chi connectivity index (χ1v) is 7.63. The molecule has 1 unspecified atom stereocenters. The molecule has 1 aliphatic rings. The van der Waals surface area contributed by atoms with Crippen LogP contribution in [0.4, 0.5) is 5.69 Å². The summed E-state index contributed by atoms with van der Waals surface area (Å²) in [5.41, 5.74) is 6.96. The van der Waals surface area contributed by atoms with E-state index in [-0.39, 0.29) is 11.8 Å². The van der Waals surface area contributed by atoms with Crippen molar-refractivity contribution in [3.63, 3.8) is 0 Å². The van der Waals surface area contributed by atoms with Crippen molar-refractivity contribution in [2.45, 2.75) is 18.2 Å². The predicted octanol–water partition coefficient (Wildman–Crippen LogP) is 0.392. The molecule has 100 valence electrons. The van der Waals surface area contributed by atoms with Crippen LogP contribution in [-0.4, -0.2) is 39.5 Å². The standard InChI is InChI=1S/C12H19N3O2S/c1-15-7-6-12(8-15)14-18(16,17)9-10-2-4-11(13)5-3-10/h2-5,12,14H,6-9,13H2,1H3. The molecule has 0 radical (unpaired) electrons. The van der Waals surface area contributed by atoms with E-state index in [1.54, 1.807) is 24.3 Å². The van der Waals surface area contributed by atoms with E-state index in [1.165, 1.54) is 0 Å². The molecule has 0 aliphatic carbocycles. The summed E-state index contributed by atoms with van der Waals surface area (Å²) in [6.07, 6.45) is 0.872. The van der Waals surface area contributed by atoms with Gasteiger partial charge >= 0.3 is 0 Å². The average Bonchev–Trinajstić information content (AvgIpc) is 2.66. The van der Waals surface area contributed by atoms with Gasteiger partial charge in [0, 0.05) is 18.3 Å². The van der Waals surface area contributed by atoms with Crippen LogP contribution in [0.2, 0.25) is 0 Å². The molecule has 1 atom stereocenters. The van der Waals surface area contributed by atoms with Crippen molar-refractivity contribution in [3.8, 4) is 0 Å². The lowest BCUT2D eigenvalue weighted by Gasteiger charge is -2.13. The molecule has 1 aliphatic heterocycles. The lowest BCUT2D eigenvalue weighted by Crippen LogP contribution is -2.37. The Morgan fingerprint density at radius 1 is 1.39 bits per heavy atom. The van der Waals surface area contributed by atoms with Crippen molar-refractivity contribution in [2.24, 2.45) is 0 Å². The van der Waals surface area contributed by atoms with Gasteiger partial charge in [0.25, 0.3) is 0 Å². The van der Waals surface area contributed by atoms with Crippen LogP contribution >= 0.6 is 0 Å². The first-order chi connectivity index (χ1) is 8.44. The van der Waals surface area contributed by atoms with E-state index in [9.17, 15) is 8.42 Å². The molecular formula is C12H19N3O2S. The van der Waals surface area contributed by atoms with Crippen LogP contribution in [0.5, 0.6) is 0 Å². The van der Waals surface area contributed by atoms with Gasteiger partial charge in [-0.3, -0.25) is 0 Å². The van der Waals surface area contributed by atoms with Gasteiger partial charge < -0.3 is 10.6 Å². The molecule has 1 heterocycles. The van der Waals surface area contributed by atoms with E-state index in [0.29, 0.717) is 5.69 Å². The van der Waals surface area contributed by atoms with Crippen molar-refractivity contribution in [2.75, 3.05) is 25.9 Å². The third-order valence-electron chi connectivity index (χ3n) is 3.07. The molecule has 6 heteroatoms. The number of anilines is 1. The van der Waals surface area contributed by atoms with Crippen molar-refractivity contribution in [1.82, 2.24) is 9.62 Å². The minimum atomic E-state index is -3.27. The predicted molar refractivity (Wildman–Crippen MR) is 72.5 cm³/mol. The van der Waals surface area contributed by atoms with E-state index in [2.05, 4.69) is 9.62 Å². The normalized spacial score (nSPS) is 21.3. The number of nitrogens with one attached hydrogen (secondary N) is 1. The van der Waals surface area contributed by atoms with Gasteiger partial charge in [-0.25, -0.2) is 13.1 Å². The molecule has 3 N–H and O–H groups in total. The van der Waals surface area contributed by atoms with E-state index in [4.69, 9.17) is 5.73 Å². The van der Waals surface area contributed by atoms with E-state index < -0.39 is 10.0 Å². The first kappa shape index (κ1) is 13.3. The van der Waals surface area contributed by atoms with Crippen LogP contribution in [0.15, 0.2) is 24.3 Å². The number of nitrogen functional groups attached to an aromatic ring is 1. The minimum absolute atomic E-state index is 0.00743. The fourth-order valence-electron chi connectivity index (χ4n) is 2.16. The van der Waals surface area contributed by atoms with E-state index in [1.807, 2.05) is 7.05 Å². The van der Waals surface area contributed by atoms with Crippen molar-refractivity contribution in [3.05, 3.63) is 29.8 Å². The first-order valence-electron chi connectivity index (χ1n) is 5.97. The van der Waals surface area contributed by atoms with Gasteiger partial charge in [0.2, 0.25) is 10.0 Å². The second-order valence-electron chi connectivity index (χ2n) is 4.87. The van der Waals surface area contributed by atoms with Crippen LogP contribution < -0.4 is 10.5 Å². The zero-order chi connectivity index (χ0) is 13.2. The highest BCUT2D eigenvalue weighted by Gasteiger charge is 2.24. The number of nitrogens with zero attached hydrogens (tertiary/aromatic N) is 1. The Balaban J connectivity index is 1.97. The number of hydrogen-bond acceptors (Lipinski definition) is 4. The molecule has 2 rings (SSSR count). The number of benzene rings is 1. The van der Waals surface area contributed by atoms with Crippen LogP contribution in [0, 0.1) is 0 Å². The Kier molecular flexibility index (Phi) is 3.89. The average molecular weight is 269 g/mol. The van der Waals surface area contributed by atoms with Gasteiger partial charge in [0.15, 0.2) is 0 Å². The molecule has 18 heavy (non-hydrogen) atoms. The number of likely N-dealkylation sites (N-methyl/N-ethyl adjacent to an activating group) is 1. The molecule has 0 spiro atoms. The van der Waals surface area contributed by atoms with E-state index in [0.717, 1.165) is 25.1 Å². The summed E-state index contributed by atoms with van der Waals surface area (Å²) < 4.78 is 26.7. The summed E-state index contributed by atoms with van der Waals surface area (Å²) in [6.45, 7) is 1.72. The maximum atomic E-state index is 12.0. The second kappa shape index (κ2) is 5.26. The highest BCUT2D eigenvalue weighted by atomic mass is 32.2. The smallest absolute Gasteiger partial charge is 0.216 e. The summed E-state index contributed by atoms with van der Waals surface area (Å²) in [7, 11) is -1.28. The second-order valence-corrected chi connectivity index (χ2v) is 6.62. The fraction of sp³-hybridized carbons (Fsp3) is 0.500. The Hall–Kier alpha value is -1.11. The molecular weight excluding hydrogens is 250 g/mol. The van der Waals surface area contributed by atoms with Crippen LogP contribution in [-0.2, 0) is 15.8 Å². The molecule has 1 aromatic rings. The Labute approximate surface area is 108 Å². The van der Waals surface area contributed by atoms with Gasteiger partial charge in [-0.1, -0.05) is 12.1 Å². The van der Waals surface area contributed by atoms with Gasteiger partial charge in [-0.15, -0.1) is 0 Å². The fourth-order valence-corrected chi connectivity index (χ4v) is 3.57. The summed E-state index contributed by atoms with van der Waals surface area (Å²) in [6, 6.07) is 6.96. The lowest BCUT2D eigenvalue weighted by molar-refractivity contribution is 0.407. The molecule has 0 aromatic heterocycles. The number of hydrogen-bond donors (Lipinski definition) is 2. The molecule has 0 bridgehead atoms. The highest BCUT2D eigenvalue weighted by Crippen LogP contribution is 2.12. The molecule has 1 saturated heterocycles. The number of sulfonamides is 1. The number of likely N-dealkylation sites (tertiary alicyclic amines) is 1. The monoisotopic (exact) mass is 269 g/mol. The molecule has 1 fully saturated rings. The Bertz CT molecular complexity index is 499. The van der Waals surface area contributed by atoms with Gasteiger partial charge in [0.05, 0.1) is 5.75 Å². The molecule has 5 nitrogen and oxygen atoms in total. The summed E-state index contributed by atoms with van der Waals surface area (Å²) in [5.74, 6) is 0.00743. The van der Waals surface area contributed by atoms with E-state index >= 15 is 0 Å². The SMILES string of the molecule is CN1CCC(NS(=O)(=O)Cc2ccc(N)cc2)C1. The molecule has 0 saturated carbocycles. The maximum absolute atomic E-state index is 12.0.